The Morgan fingerprint density at radius 1 is 1.36 bits per heavy atom. The lowest BCUT2D eigenvalue weighted by Gasteiger charge is -1.71. The molecule has 0 aliphatic carbocycles. The number of hydrogen-bond acceptors (Lipinski definition) is 1. The van der Waals surface area contributed by atoms with E-state index in [1.54, 1.807) is 18.5 Å². The molecule has 58 valence electrons. The highest BCUT2D eigenvalue weighted by Crippen LogP contribution is 1.78. The fourth-order valence-electron chi connectivity index (χ4n) is 0.461. The second-order valence-corrected chi connectivity index (χ2v) is 1.82. The monoisotopic (exact) mass is 147 g/mol. The van der Waals surface area contributed by atoms with Gasteiger partial charge in [-0.05, 0) is 13.8 Å². The van der Waals surface area contributed by atoms with Crippen molar-refractivity contribution in [1.82, 2.24) is 0 Å². The highest BCUT2D eigenvalue weighted by atomic mass is 14.6. The molecule has 0 aromatic carbocycles. The lowest BCUT2D eigenvalue weighted by Crippen LogP contribution is -1.57. The van der Waals surface area contributed by atoms with Crippen LogP contribution in [0.15, 0.2) is 29.4 Å². The third-order valence-electron chi connectivity index (χ3n) is 0.951. The van der Waals surface area contributed by atoms with E-state index in [4.69, 9.17) is 0 Å². The molecule has 0 rings (SSSR count). The third-order valence-corrected chi connectivity index (χ3v) is 0.951. The fraction of sp³-hybridized carbons (Fsp3) is 0.300. The Balaban J connectivity index is 3.55. The summed E-state index contributed by atoms with van der Waals surface area (Å²) in [5.41, 5.74) is 0. The van der Waals surface area contributed by atoms with E-state index in [0.717, 1.165) is 6.42 Å². The zero-order chi connectivity index (χ0) is 8.36. The molecule has 0 radical (unpaired) electrons. The first-order chi connectivity index (χ1) is 5.41. The lowest BCUT2D eigenvalue weighted by atomic mass is 10.4. The second kappa shape index (κ2) is 8.71. The van der Waals surface area contributed by atoms with Crippen LogP contribution >= 0.6 is 0 Å². The molecule has 0 atom stereocenters. The van der Waals surface area contributed by atoms with Crippen LogP contribution in [0.2, 0.25) is 0 Å². The van der Waals surface area contributed by atoms with Crippen molar-refractivity contribution in [3.8, 4) is 11.8 Å². The van der Waals surface area contributed by atoms with Gasteiger partial charge in [0.25, 0.3) is 0 Å². The van der Waals surface area contributed by atoms with Crippen molar-refractivity contribution in [2.24, 2.45) is 4.99 Å². The minimum absolute atomic E-state index is 0.816. The standard InChI is InChI=1S/C10H13N/c1-3-5-6-7-8-9-10-11-4-2/h3-5,9-10H,6H2,1-2H3/b5-3-,10-9+,11-4?. The fourth-order valence-corrected chi connectivity index (χ4v) is 0.461. The maximum atomic E-state index is 3.86. The van der Waals surface area contributed by atoms with Crippen LogP contribution in [0.5, 0.6) is 0 Å². The van der Waals surface area contributed by atoms with E-state index in [2.05, 4.69) is 16.8 Å². The molecule has 0 saturated carbocycles. The molecule has 0 saturated heterocycles. The molecule has 0 N–H and O–H groups in total. The predicted molar refractivity (Wildman–Crippen MR) is 50.5 cm³/mol. The number of allylic oxidation sites excluding steroid dienone is 3. The zero-order valence-corrected chi connectivity index (χ0v) is 7.04. The molecule has 0 aromatic heterocycles. The normalized spacial score (nSPS) is 11.1. The van der Waals surface area contributed by atoms with Crippen LogP contribution in [0, 0.1) is 11.8 Å². The van der Waals surface area contributed by atoms with Crippen molar-refractivity contribution in [1.29, 1.82) is 0 Å². The van der Waals surface area contributed by atoms with Gasteiger partial charge in [0.05, 0.1) is 0 Å². The Morgan fingerprint density at radius 2 is 2.18 bits per heavy atom. The van der Waals surface area contributed by atoms with E-state index in [9.17, 15) is 0 Å². The van der Waals surface area contributed by atoms with Crippen LogP contribution < -0.4 is 0 Å². The summed E-state index contributed by atoms with van der Waals surface area (Å²) in [7, 11) is 0. The van der Waals surface area contributed by atoms with Crippen LogP contribution in [-0.4, -0.2) is 6.21 Å². The van der Waals surface area contributed by atoms with E-state index >= 15 is 0 Å². The van der Waals surface area contributed by atoms with Gasteiger partial charge in [0.15, 0.2) is 0 Å². The zero-order valence-electron chi connectivity index (χ0n) is 7.04. The summed E-state index contributed by atoms with van der Waals surface area (Å²) < 4.78 is 0. The predicted octanol–water partition coefficient (Wildman–Crippen LogP) is 2.56. The van der Waals surface area contributed by atoms with Gasteiger partial charge in [0, 0.05) is 24.9 Å². The van der Waals surface area contributed by atoms with Crippen LogP contribution in [0.1, 0.15) is 20.3 Å². The first-order valence-corrected chi connectivity index (χ1v) is 3.64. The topological polar surface area (TPSA) is 12.4 Å². The highest BCUT2D eigenvalue weighted by molar-refractivity contribution is 5.54. The average Bonchev–Trinajstić information content (AvgIpc) is 2.03. The molecular weight excluding hydrogens is 134 g/mol. The van der Waals surface area contributed by atoms with Gasteiger partial charge in [0.2, 0.25) is 0 Å². The van der Waals surface area contributed by atoms with E-state index in [1.165, 1.54) is 0 Å². The van der Waals surface area contributed by atoms with Crippen molar-refractivity contribution in [3.05, 3.63) is 24.4 Å². The van der Waals surface area contributed by atoms with E-state index in [0.29, 0.717) is 0 Å². The Bertz CT molecular complexity index is 211. The Kier molecular flexibility index (Phi) is 7.69. The molecule has 1 heteroatoms. The van der Waals surface area contributed by atoms with Gasteiger partial charge < -0.3 is 0 Å². The van der Waals surface area contributed by atoms with Gasteiger partial charge in [-0.2, -0.15) is 0 Å². The largest absolute Gasteiger partial charge is 0.269 e. The van der Waals surface area contributed by atoms with Crippen LogP contribution in [0.4, 0.5) is 0 Å². The molecule has 0 heterocycles. The highest BCUT2D eigenvalue weighted by Gasteiger charge is 1.63. The molecular formula is C10H13N. The van der Waals surface area contributed by atoms with E-state index in [1.807, 2.05) is 26.0 Å². The SMILES string of the molecule is CC=N/C=C/C#CC/C=C\C. The van der Waals surface area contributed by atoms with Crippen molar-refractivity contribution >= 4 is 6.21 Å². The van der Waals surface area contributed by atoms with Crippen molar-refractivity contribution in [2.45, 2.75) is 20.3 Å². The number of aliphatic imine (C=N–C) groups is 1. The van der Waals surface area contributed by atoms with Crippen molar-refractivity contribution < 1.29 is 0 Å². The molecule has 0 aliphatic rings. The third kappa shape index (κ3) is 8.71. The smallest absolute Gasteiger partial charge is 0.0347 e. The quantitative estimate of drug-likeness (QED) is 0.323. The maximum Gasteiger partial charge on any atom is 0.0347 e. The molecule has 0 aliphatic heterocycles. The molecule has 11 heavy (non-hydrogen) atoms. The minimum Gasteiger partial charge on any atom is -0.269 e. The Morgan fingerprint density at radius 3 is 2.82 bits per heavy atom. The van der Waals surface area contributed by atoms with Crippen molar-refractivity contribution in [3.63, 3.8) is 0 Å². The number of rotatable bonds is 2. The van der Waals surface area contributed by atoms with Crippen LogP contribution in [-0.2, 0) is 0 Å². The molecule has 0 fully saturated rings. The van der Waals surface area contributed by atoms with E-state index in [-0.39, 0.29) is 0 Å². The van der Waals surface area contributed by atoms with Gasteiger partial charge in [-0.3, -0.25) is 4.99 Å². The summed E-state index contributed by atoms with van der Waals surface area (Å²) >= 11 is 0. The minimum atomic E-state index is 0.816. The van der Waals surface area contributed by atoms with Gasteiger partial charge in [-0.1, -0.05) is 24.0 Å². The lowest BCUT2D eigenvalue weighted by molar-refractivity contribution is 1.44. The molecule has 0 bridgehead atoms. The molecule has 1 nitrogen and oxygen atoms in total. The number of nitrogens with zero attached hydrogens (tertiary/aromatic N) is 1. The summed E-state index contributed by atoms with van der Waals surface area (Å²) in [4.78, 5) is 3.86. The van der Waals surface area contributed by atoms with Gasteiger partial charge in [0.1, 0.15) is 0 Å². The summed E-state index contributed by atoms with van der Waals surface area (Å²) in [6.45, 7) is 3.86. The summed E-state index contributed by atoms with van der Waals surface area (Å²) in [5.74, 6) is 5.81. The first kappa shape index (κ1) is 9.71. The summed E-state index contributed by atoms with van der Waals surface area (Å²) in [5, 5.41) is 0. The van der Waals surface area contributed by atoms with Crippen LogP contribution in [0.3, 0.4) is 0 Å². The molecule has 0 amide bonds. The summed E-state index contributed by atoms with van der Waals surface area (Å²) in [6, 6.07) is 0. The molecule has 0 unspecified atom stereocenters. The molecule has 0 spiro atoms. The van der Waals surface area contributed by atoms with Gasteiger partial charge in [-0.25, -0.2) is 0 Å². The summed E-state index contributed by atoms with van der Waals surface area (Å²) in [6.07, 6.45) is 9.97. The van der Waals surface area contributed by atoms with Crippen molar-refractivity contribution in [2.75, 3.05) is 0 Å². The second-order valence-electron chi connectivity index (χ2n) is 1.82. The Hall–Kier alpha value is -1.29. The van der Waals surface area contributed by atoms with Gasteiger partial charge >= 0.3 is 0 Å². The van der Waals surface area contributed by atoms with Gasteiger partial charge in [-0.15, -0.1) is 0 Å². The Labute approximate surface area is 68.5 Å². The first-order valence-electron chi connectivity index (χ1n) is 3.64. The average molecular weight is 147 g/mol. The number of hydrogen-bond donors (Lipinski definition) is 0. The van der Waals surface area contributed by atoms with Crippen LogP contribution in [0.25, 0.3) is 0 Å². The van der Waals surface area contributed by atoms with E-state index < -0.39 is 0 Å². The maximum absolute atomic E-state index is 3.86. The molecule has 0 aromatic rings.